The predicted molar refractivity (Wildman–Crippen MR) is 90.6 cm³/mol. The minimum atomic E-state index is -0.459. The van der Waals surface area contributed by atoms with Crippen LogP contribution in [0.25, 0.3) is 10.4 Å². The fourth-order valence-electron chi connectivity index (χ4n) is 3.41. The number of carbonyl (C=O) groups excluding carboxylic acids is 1. The van der Waals surface area contributed by atoms with Crippen molar-refractivity contribution < 1.29 is 13.9 Å². The Morgan fingerprint density at radius 2 is 1.88 bits per heavy atom. The zero-order valence-electron chi connectivity index (χ0n) is 13.1. The molecule has 3 aliphatic rings. The molecule has 0 aliphatic carbocycles. The number of hydrogen-bond donors (Lipinski definition) is 1. The van der Waals surface area contributed by atoms with E-state index in [9.17, 15) is 9.18 Å². The highest BCUT2D eigenvalue weighted by atomic mass is 32.1. The van der Waals surface area contributed by atoms with Gasteiger partial charge in [0.2, 0.25) is 0 Å². The number of hydrogen-bond acceptors (Lipinski definition) is 5. The minimum absolute atomic E-state index is 0.292. The molecule has 24 heavy (non-hydrogen) atoms. The highest BCUT2D eigenvalue weighted by Gasteiger charge is 2.42. The summed E-state index contributed by atoms with van der Waals surface area (Å²) in [5.74, 6) is 0.168. The van der Waals surface area contributed by atoms with E-state index < -0.39 is 6.09 Å². The van der Waals surface area contributed by atoms with Gasteiger partial charge in [0.25, 0.3) is 0 Å². The van der Waals surface area contributed by atoms with Crippen molar-refractivity contribution in [3.05, 3.63) is 35.6 Å². The molecule has 3 saturated heterocycles. The van der Waals surface area contributed by atoms with Crippen LogP contribution in [0.15, 0.2) is 29.8 Å². The van der Waals surface area contributed by atoms with Gasteiger partial charge in [0.1, 0.15) is 11.4 Å². The van der Waals surface area contributed by atoms with Crippen LogP contribution < -0.4 is 5.32 Å². The number of halogens is 1. The molecule has 1 N–H and O–H groups in total. The number of aromatic nitrogens is 1. The Kier molecular flexibility index (Phi) is 3.97. The molecular formula is C17H18FN3O2S. The van der Waals surface area contributed by atoms with E-state index in [4.69, 9.17) is 4.74 Å². The molecule has 1 aromatic heterocycles. The molecule has 0 spiro atoms. The van der Waals surface area contributed by atoms with E-state index in [2.05, 4.69) is 15.2 Å². The molecule has 2 bridgehead atoms. The van der Waals surface area contributed by atoms with Crippen LogP contribution in [0.2, 0.25) is 0 Å². The molecule has 5 nitrogen and oxygen atoms in total. The van der Waals surface area contributed by atoms with Gasteiger partial charge in [-0.2, -0.15) is 0 Å². The number of piperidine rings is 3. The summed E-state index contributed by atoms with van der Waals surface area (Å²) in [6.07, 6.45) is 2.21. The topological polar surface area (TPSA) is 54.5 Å². The summed E-state index contributed by atoms with van der Waals surface area (Å²) < 4.78 is 18.9. The number of carbonyl (C=O) groups is 1. The van der Waals surface area contributed by atoms with Gasteiger partial charge in [0.05, 0.1) is 10.4 Å². The number of nitrogens with zero attached hydrogens (tertiary/aromatic N) is 2. The Hall–Kier alpha value is -1.99. The second-order valence-corrected chi connectivity index (χ2v) is 7.18. The fourth-order valence-corrected chi connectivity index (χ4v) is 4.16. The summed E-state index contributed by atoms with van der Waals surface area (Å²) in [7, 11) is 0. The van der Waals surface area contributed by atoms with Crippen molar-refractivity contribution in [1.29, 1.82) is 0 Å². The molecule has 1 amide bonds. The third-order valence-electron chi connectivity index (χ3n) is 4.85. The third kappa shape index (κ3) is 3.01. The lowest BCUT2D eigenvalue weighted by Crippen LogP contribution is -2.54. The van der Waals surface area contributed by atoms with Crippen molar-refractivity contribution in [2.75, 3.05) is 25.0 Å². The summed E-state index contributed by atoms with van der Waals surface area (Å²) in [5, 5.41) is 2.76. The Balaban J connectivity index is 1.47. The molecule has 0 unspecified atom stereocenters. The SMILES string of the molecule is O=C(Nc1ncsc1-c1ccc(F)cc1)OC12CCN(CC1)CC2. The van der Waals surface area contributed by atoms with Crippen molar-refractivity contribution >= 4 is 23.2 Å². The first kappa shape index (κ1) is 15.5. The molecule has 126 valence electrons. The number of anilines is 1. The van der Waals surface area contributed by atoms with Crippen LogP contribution in [0, 0.1) is 5.82 Å². The van der Waals surface area contributed by atoms with Crippen LogP contribution >= 0.6 is 11.3 Å². The predicted octanol–water partition coefficient (Wildman–Crippen LogP) is 3.74. The van der Waals surface area contributed by atoms with Crippen LogP contribution in [0.5, 0.6) is 0 Å². The number of ether oxygens (including phenoxy) is 1. The first-order valence-corrected chi connectivity index (χ1v) is 8.93. The molecule has 7 heteroatoms. The Morgan fingerprint density at radius 1 is 1.21 bits per heavy atom. The van der Waals surface area contributed by atoms with E-state index in [1.54, 1.807) is 17.6 Å². The van der Waals surface area contributed by atoms with Gasteiger partial charge >= 0.3 is 6.09 Å². The maximum atomic E-state index is 13.1. The number of benzene rings is 1. The Morgan fingerprint density at radius 3 is 2.54 bits per heavy atom. The number of nitrogens with one attached hydrogen (secondary N) is 1. The van der Waals surface area contributed by atoms with Crippen molar-refractivity contribution in [3.63, 3.8) is 0 Å². The molecule has 0 saturated carbocycles. The average molecular weight is 347 g/mol. The van der Waals surface area contributed by atoms with Crippen molar-refractivity contribution in [3.8, 4) is 10.4 Å². The summed E-state index contributed by atoms with van der Waals surface area (Å²) in [4.78, 5) is 19.8. The van der Waals surface area contributed by atoms with Crippen molar-refractivity contribution in [2.45, 2.75) is 24.9 Å². The van der Waals surface area contributed by atoms with Gasteiger partial charge in [-0.15, -0.1) is 11.3 Å². The molecule has 1 aromatic carbocycles. The standard InChI is InChI=1S/C17H18FN3O2S/c18-13-3-1-12(2-4-13)14-15(19-11-24-14)20-16(22)23-17-5-8-21(9-6-17)10-7-17/h1-4,11H,5-10H2,(H,20,22). The second kappa shape index (κ2) is 6.14. The molecule has 2 aromatic rings. The van der Waals surface area contributed by atoms with E-state index in [-0.39, 0.29) is 11.4 Å². The summed E-state index contributed by atoms with van der Waals surface area (Å²) in [6.45, 7) is 2.97. The lowest BCUT2D eigenvalue weighted by molar-refractivity contribution is -0.0742. The van der Waals surface area contributed by atoms with Crippen LogP contribution in [-0.2, 0) is 4.74 Å². The van der Waals surface area contributed by atoms with Gasteiger partial charge in [-0.25, -0.2) is 14.2 Å². The van der Waals surface area contributed by atoms with Gasteiger partial charge in [-0.1, -0.05) is 12.1 Å². The highest BCUT2D eigenvalue weighted by molar-refractivity contribution is 7.13. The lowest BCUT2D eigenvalue weighted by Gasteiger charge is -2.47. The first-order chi connectivity index (χ1) is 11.6. The van der Waals surface area contributed by atoms with Crippen LogP contribution in [0.1, 0.15) is 19.3 Å². The molecule has 5 rings (SSSR count). The zero-order chi connectivity index (χ0) is 16.6. The smallest absolute Gasteiger partial charge is 0.413 e. The van der Waals surface area contributed by atoms with E-state index in [1.165, 1.54) is 23.5 Å². The summed E-state index contributed by atoms with van der Waals surface area (Å²) >= 11 is 1.40. The molecule has 0 atom stereocenters. The van der Waals surface area contributed by atoms with Gasteiger partial charge < -0.3 is 9.64 Å². The molecule has 4 heterocycles. The lowest BCUT2D eigenvalue weighted by atomic mass is 9.83. The van der Waals surface area contributed by atoms with E-state index in [0.717, 1.165) is 49.3 Å². The van der Waals surface area contributed by atoms with E-state index in [0.29, 0.717) is 5.82 Å². The number of amides is 1. The number of fused-ring (bicyclic) bond motifs is 3. The molecule has 0 radical (unpaired) electrons. The van der Waals surface area contributed by atoms with Crippen molar-refractivity contribution in [1.82, 2.24) is 9.88 Å². The zero-order valence-corrected chi connectivity index (χ0v) is 13.9. The maximum Gasteiger partial charge on any atom is 0.413 e. The average Bonchev–Trinajstić information content (AvgIpc) is 3.04. The third-order valence-corrected chi connectivity index (χ3v) is 5.73. The van der Waals surface area contributed by atoms with E-state index >= 15 is 0 Å². The van der Waals surface area contributed by atoms with Gasteiger partial charge in [0, 0.05) is 38.9 Å². The summed E-state index contributed by atoms with van der Waals surface area (Å²) in [6, 6.07) is 6.14. The molecule has 3 aliphatic heterocycles. The number of thiazole rings is 1. The summed E-state index contributed by atoms with van der Waals surface area (Å²) in [5.41, 5.74) is 2.15. The first-order valence-electron chi connectivity index (χ1n) is 8.05. The quantitative estimate of drug-likeness (QED) is 0.919. The largest absolute Gasteiger partial charge is 0.443 e. The monoisotopic (exact) mass is 347 g/mol. The fraction of sp³-hybridized carbons (Fsp3) is 0.412. The van der Waals surface area contributed by atoms with Gasteiger partial charge in [0.15, 0.2) is 5.82 Å². The minimum Gasteiger partial charge on any atom is -0.443 e. The molecular weight excluding hydrogens is 329 g/mol. The second-order valence-electron chi connectivity index (χ2n) is 6.33. The van der Waals surface area contributed by atoms with Crippen LogP contribution in [-0.4, -0.2) is 41.2 Å². The normalized spacial score (nSPS) is 25.5. The van der Waals surface area contributed by atoms with Gasteiger partial charge in [-0.3, -0.25) is 5.32 Å². The molecule has 3 fully saturated rings. The van der Waals surface area contributed by atoms with Crippen LogP contribution in [0.4, 0.5) is 15.0 Å². The Bertz CT molecular complexity index is 725. The number of rotatable bonds is 3. The Labute approximate surface area is 143 Å². The van der Waals surface area contributed by atoms with Crippen LogP contribution in [0.3, 0.4) is 0 Å². The maximum absolute atomic E-state index is 13.1. The van der Waals surface area contributed by atoms with Crippen molar-refractivity contribution in [2.24, 2.45) is 0 Å². The van der Waals surface area contributed by atoms with E-state index in [1.807, 2.05) is 0 Å². The van der Waals surface area contributed by atoms with Gasteiger partial charge in [-0.05, 0) is 17.7 Å². The highest BCUT2D eigenvalue weighted by Crippen LogP contribution is 2.36.